The summed E-state index contributed by atoms with van der Waals surface area (Å²) in [4.78, 5) is 0. The molecule has 1 fully saturated rings. The monoisotopic (exact) mass is 255 g/mol. The molecular formula is C14H19F2NO. The molecule has 0 aromatic heterocycles. The smallest absolute Gasteiger partial charge is 0.129 e. The quantitative estimate of drug-likeness (QED) is 0.876. The van der Waals surface area contributed by atoms with Crippen molar-refractivity contribution in [2.75, 3.05) is 13.2 Å². The highest BCUT2D eigenvalue weighted by molar-refractivity contribution is 5.27. The van der Waals surface area contributed by atoms with E-state index in [-0.39, 0.29) is 5.82 Å². The standard InChI is InChI=1S/C14H19F2NO/c1-3-10-4-5-18-14(8-17-10)11-7-12(15)9(2)6-13(11)16/h6-7,10,14,17H,3-5,8H2,1-2H3. The number of rotatable bonds is 2. The van der Waals surface area contributed by atoms with Crippen molar-refractivity contribution in [2.24, 2.45) is 0 Å². The largest absolute Gasteiger partial charge is 0.372 e. The Hall–Kier alpha value is -1.00. The van der Waals surface area contributed by atoms with Gasteiger partial charge in [0.05, 0.1) is 6.10 Å². The summed E-state index contributed by atoms with van der Waals surface area (Å²) in [6.45, 7) is 4.76. The molecule has 2 rings (SSSR count). The number of nitrogens with one attached hydrogen (secondary N) is 1. The van der Waals surface area contributed by atoms with E-state index < -0.39 is 11.9 Å². The van der Waals surface area contributed by atoms with Crippen LogP contribution in [0.1, 0.15) is 37.0 Å². The predicted molar refractivity (Wildman–Crippen MR) is 66.5 cm³/mol. The maximum Gasteiger partial charge on any atom is 0.129 e. The Bertz CT molecular complexity index is 423. The van der Waals surface area contributed by atoms with E-state index in [0.29, 0.717) is 30.3 Å². The highest BCUT2D eigenvalue weighted by Gasteiger charge is 2.22. The molecule has 2 atom stereocenters. The van der Waals surface area contributed by atoms with E-state index in [9.17, 15) is 8.78 Å². The molecule has 0 saturated carbocycles. The van der Waals surface area contributed by atoms with Crippen LogP contribution in [0.25, 0.3) is 0 Å². The zero-order valence-corrected chi connectivity index (χ0v) is 10.8. The third-order valence-corrected chi connectivity index (χ3v) is 3.49. The summed E-state index contributed by atoms with van der Waals surface area (Å²) in [6.07, 6.45) is 1.51. The normalized spacial score (nSPS) is 24.9. The molecule has 1 aliphatic heterocycles. The van der Waals surface area contributed by atoms with Crippen LogP contribution in [0.4, 0.5) is 8.78 Å². The first kappa shape index (κ1) is 13.4. The van der Waals surface area contributed by atoms with E-state index in [4.69, 9.17) is 4.74 Å². The number of ether oxygens (including phenoxy) is 1. The molecule has 1 saturated heterocycles. The highest BCUT2D eigenvalue weighted by atomic mass is 19.1. The average molecular weight is 255 g/mol. The molecule has 100 valence electrons. The Morgan fingerprint density at radius 2 is 2.11 bits per heavy atom. The molecule has 1 heterocycles. The van der Waals surface area contributed by atoms with Gasteiger partial charge >= 0.3 is 0 Å². The van der Waals surface area contributed by atoms with Gasteiger partial charge in [-0.2, -0.15) is 0 Å². The molecule has 0 bridgehead atoms. The van der Waals surface area contributed by atoms with Gasteiger partial charge in [0.25, 0.3) is 0 Å². The van der Waals surface area contributed by atoms with Crippen molar-refractivity contribution in [1.29, 1.82) is 0 Å². The van der Waals surface area contributed by atoms with Gasteiger partial charge in [-0.15, -0.1) is 0 Å². The van der Waals surface area contributed by atoms with Crippen molar-refractivity contribution in [3.05, 3.63) is 34.9 Å². The lowest BCUT2D eigenvalue weighted by Crippen LogP contribution is -2.30. The number of halogens is 2. The topological polar surface area (TPSA) is 21.3 Å². The zero-order valence-electron chi connectivity index (χ0n) is 10.8. The maximum atomic E-state index is 13.9. The van der Waals surface area contributed by atoms with E-state index in [1.54, 1.807) is 6.92 Å². The summed E-state index contributed by atoms with van der Waals surface area (Å²) in [5, 5.41) is 3.33. The minimum absolute atomic E-state index is 0.308. The van der Waals surface area contributed by atoms with Crippen LogP contribution < -0.4 is 5.32 Å². The summed E-state index contributed by atoms with van der Waals surface area (Å²) in [7, 11) is 0. The summed E-state index contributed by atoms with van der Waals surface area (Å²) in [5.41, 5.74) is 0.631. The molecule has 1 aromatic rings. The molecule has 0 spiro atoms. The maximum absolute atomic E-state index is 13.9. The first-order valence-electron chi connectivity index (χ1n) is 6.42. The zero-order chi connectivity index (χ0) is 13.1. The van der Waals surface area contributed by atoms with Crippen LogP contribution in [0.15, 0.2) is 12.1 Å². The van der Waals surface area contributed by atoms with Crippen LogP contribution in [0.5, 0.6) is 0 Å². The Morgan fingerprint density at radius 3 is 2.83 bits per heavy atom. The molecule has 2 unspecified atom stereocenters. The van der Waals surface area contributed by atoms with E-state index >= 15 is 0 Å². The lowest BCUT2D eigenvalue weighted by molar-refractivity contribution is 0.0636. The summed E-state index contributed by atoms with van der Waals surface area (Å²) in [5.74, 6) is -0.776. The second kappa shape index (κ2) is 5.76. The molecule has 0 aliphatic carbocycles. The van der Waals surface area contributed by atoms with Gasteiger partial charge in [0.1, 0.15) is 11.6 Å². The third-order valence-electron chi connectivity index (χ3n) is 3.49. The van der Waals surface area contributed by atoms with E-state index in [1.807, 2.05) is 0 Å². The van der Waals surface area contributed by atoms with Gasteiger partial charge in [0.15, 0.2) is 0 Å². The molecular weight excluding hydrogens is 236 g/mol. The molecule has 1 aliphatic rings. The van der Waals surface area contributed by atoms with Crippen molar-refractivity contribution < 1.29 is 13.5 Å². The molecule has 1 aromatic carbocycles. The fraction of sp³-hybridized carbons (Fsp3) is 0.571. The van der Waals surface area contributed by atoms with Crippen LogP contribution in [-0.2, 0) is 4.74 Å². The van der Waals surface area contributed by atoms with E-state index in [2.05, 4.69) is 12.2 Å². The van der Waals surface area contributed by atoms with Gasteiger partial charge in [-0.1, -0.05) is 6.92 Å². The lowest BCUT2D eigenvalue weighted by atomic mass is 10.1. The second-order valence-corrected chi connectivity index (χ2v) is 4.78. The van der Waals surface area contributed by atoms with Crippen LogP contribution in [0, 0.1) is 18.6 Å². The van der Waals surface area contributed by atoms with Crippen molar-refractivity contribution in [2.45, 2.75) is 38.8 Å². The minimum Gasteiger partial charge on any atom is -0.372 e. The molecule has 18 heavy (non-hydrogen) atoms. The van der Waals surface area contributed by atoms with Gasteiger partial charge in [-0.25, -0.2) is 8.78 Å². The lowest BCUT2D eigenvalue weighted by Gasteiger charge is -2.17. The van der Waals surface area contributed by atoms with Crippen LogP contribution in [0.2, 0.25) is 0 Å². The Balaban J connectivity index is 2.18. The predicted octanol–water partition coefficient (Wildman–Crippen LogP) is 3.10. The fourth-order valence-electron chi connectivity index (χ4n) is 2.24. The van der Waals surface area contributed by atoms with Crippen molar-refractivity contribution in [1.82, 2.24) is 5.32 Å². The van der Waals surface area contributed by atoms with Gasteiger partial charge in [0, 0.05) is 24.8 Å². The summed E-state index contributed by atoms with van der Waals surface area (Å²) < 4.78 is 33.0. The van der Waals surface area contributed by atoms with E-state index in [0.717, 1.165) is 12.8 Å². The SMILES string of the molecule is CCC1CCOC(c2cc(F)c(C)cc2F)CN1. The number of aryl methyl sites for hydroxylation is 1. The van der Waals surface area contributed by atoms with Crippen molar-refractivity contribution in [3.8, 4) is 0 Å². The Labute approximate surface area is 106 Å². The molecule has 1 N–H and O–H groups in total. The van der Waals surface area contributed by atoms with Gasteiger partial charge in [0.2, 0.25) is 0 Å². The molecule has 0 amide bonds. The Morgan fingerprint density at radius 1 is 1.33 bits per heavy atom. The van der Waals surface area contributed by atoms with Crippen molar-refractivity contribution >= 4 is 0 Å². The summed E-state index contributed by atoms with van der Waals surface area (Å²) >= 11 is 0. The Kier molecular flexibility index (Phi) is 4.30. The number of hydrogen-bond acceptors (Lipinski definition) is 2. The van der Waals surface area contributed by atoms with Crippen LogP contribution >= 0.6 is 0 Å². The first-order valence-corrected chi connectivity index (χ1v) is 6.42. The average Bonchev–Trinajstić information content (AvgIpc) is 2.59. The number of hydrogen-bond donors (Lipinski definition) is 1. The van der Waals surface area contributed by atoms with Gasteiger partial charge < -0.3 is 10.1 Å². The van der Waals surface area contributed by atoms with Gasteiger partial charge in [-0.3, -0.25) is 0 Å². The molecule has 0 radical (unpaired) electrons. The van der Waals surface area contributed by atoms with Gasteiger partial charge in [-0.05, 0) is 37.5 Å². The molecule has 4 heteroatoms. The van der Waals surface area contributed by atoms with Crippen LogP contribution in [0.3, 0.4) is 0 Å². The second-order valence-electron chi connectivity index (χ2n) is 4.78. The van der Waals surface area contributed by atoms with Crippen LogP contribution in [-0.4, -0.2) is 19.2 Å². The van der Waals surface area contributed by atoms with E-state index in [1.165, 1.54) is 12.1 Å². The molecule has 2 nitrogen and oxygen atoms in total. The third kappa shape index (κ3) is 2.87. The minimum atomic E-state index is -0.406. The fourth-order valence-corrected chi connectivity index (χ4v) is 2.24. The summed E-state index contributed by atoms with van der Waals surface area (Å²) in [6, 6.07) is 2.88. The van der Waals surface area contributed by atoms with Crippen molar-refractivity contribution in [3.63, 3.8) is 0 Å². The first-order chi connectivity index (χ1) is 8.61. The highest BCUT2D eigenvalue weighted by Crippen LogP contribution is 2.25. The number of benzene rings is 1.